The summed E-state index contributed by atoms with van der Waals surface area (Å²) >= 11 is 0. The van der Waals surface area contributed by atoms with E-state index in [1.54, 1.807) is 0 Å². The van der Waals surface area contributed by atoms with Crippen LogP contribution in [0.15, 0.2) is 5.11 Å². The zero-order valence-corrected chi connectivity index (χ0v) is 19.5. The third-order valence-electron chi connectivity index (χ3n) is 4.35. The fourth-order valence-corrected chi connectivity index (χ4v) is 3.02. The minimum Gasteiger partial charge on any atom is -0.299 e. The van der Waals surface area contributed by atoms with Crippen LogP contribution in [0.5, 0.6) is 0 Å². The molecule has 0 radical (unpaired) electrons. The summed E-state index contributed by atoms with van der Waals surface area (Å²) in [6.07, 6.45) is 2.49. The summed E-state index contributed by atoms with van der Waals surface area (Å²) in [7, 11) is 0. The molecule has 0 rings (SSSR count). The molecule has 0 heterocycles. The first kappa shape index (κ1) is 31.9. The summed E-state index contributed by atoms with van der Waals surface area (Å²) in [6.45, 7) is 18.3. The first-order valence-corrected chi connectivity index (χ1v) is 10.5. The average molecular weight is 408 g/mol. The summed E-state index contributed by atoms with van der Waals surface area (Å²) in [5.74, 6) is 7.66. The SMILES string of the molecule is C.CC#CC[C@H](CC(C)C)C(=O)C(C)C.CC(C)C[C@@H](CN=[N+]=[N-])C(=O)C(C)C. The third kappa shape index (κ3) is 16.8. The Labute approximate surface area is 180 Å². The number of ketones is 2. The number of carbonyl (C=O) groups excluding carboxylic acids is 2. The van der Waals surface area contributed by atoms with E-state index in [0.29, 0.717) is 24.2 Å². The second kappa shape index (κ2) is 18.3. The van der Waals surface area contributed by atoms with Gasteiger partial charge in [-0.05, 0) is 37.1 Å². The van der Waals surface area contributed by atoms with Gasteiger partial charge in [-0.25, -0.2) is 0 Å². The van der Waals surface area contributed by atoms with E-state index in [1.165, 1.54) is 0 Å². The number of azide groups is 1. The summed E-state index contributed by atoms with van der Waals surface area (Å²) in [5.41, 5.74) is 8.22. The van der Waals surface area contributed by atoms with Crippen LogP contribution in [0.2, 0.25) is 0 Å². The second-order valence-corrected chi connectivity index (χ2v) is 8.81. The first-order valence-electron chi connectivity index (χ1n) is 10.5. The van der Waals surface area contributed by atoms with Crippen LogP contribution in [-0.2, 0) is 9.59 Å². The van der Waals surface area contributed by atoms with E-state index < -0.39 is 0 Å². The maximum atomic E-state index is 11.8. The minimum absolute atomic E-state index is 0. The fraction of sp³-hybridized carbons (Fsp3) is 0.833. The van der Waals surface area contributed by atoms with Crippen molar-refractivity contribution >= 4 is 11.6 Å². The van der Waals surface area contributed by atoms with E-state index in [1.807, 2.05) is 34.6 Å². The van der Waals surface area contributed by atoms with Crippen LogP contribution < -0.4 is 0 Å². The Morgan fingerprint density at radius 3 is 1.62 bits per heavy atom. The zero-order valence-electron chi connectivity index (χ0n) is 19.5. The summed E-state index contributed by atoms with van der Waals surface area (Å²) < 4.78 is 0. The van der Waals surface area contributed by atoms with Crippen molar-refractivity contribution in [2.24, 2.45) is 40.6 Å². The quantitative estimate of drug-likeness (QED) is 0.158. The van der Waals surface area contributed by atoms with Gasteiger partial charge in [0, 0.05) is 41.5 Å². The lowest BCUT2D eigenvalue weighted by Crippen LogP contribution is -2.23. The van der Waals surface area contributed by atoms with Crippen LogP contribution in [-0.4, -0.2) is 18.1 Å². The van der Waals surface area contributed by atoms with E-state index >= 15 is 0 Å². The molecule has 168 valence electrons. The van der Waals surface area contributed by atoms with E-state index in [0.717, 1.165) is 19.3 Å². The van der Waals surface area contributed by atoms with Crippen molar-refractivity contribution in [3.63, 3.8) is 0 Å². The Kier molecular flexibility index (Phi) is 20.1. The number of carbonyl (C=O) groups is 2. The Hall–Kier alpha value is -1.79. The lowest BCUT2D eigenvalue weighted by Gasteiger charge is -2.17. The molecule has 0 saturated carbocycles. The van der Waals surface area contributed by atoms with E-state index in [4.69, 9.17) is 5.53 Å². The van der Waals surface area contributed by atoms with Crippen LogP contribution in [0.1, 0.15) is 89.0 Å². The highest BCUT2D eigenvalue weighted by molar-refractivity contribution is 5.83. The lowest BCUT2D eigenvalue weighted by molar-refractivity contribution is -0.126. The van der Waals surface area contributed by atoms with Crippen molar-refractivity contribution in [1.29, 1.82) is 0 Å². The van der Waals surface area contributed by atoms with Gasteiger partial charge in [-0.15, -0.1) is 11.8 Å². The third-order valence-corrected chi connectivity index (χ3v) is 4.35. The van der Waals surface area contributed by atoms with Gasteiger partial charge in [0.1, 0.15) is 11.6 Å². The molecule has 0 spiro atoms. The largest absolute Gasteiger partial charge is 0.299 e. The maximum absolute atomic E-state index is 11.8. The van der Waals surface area contributed by atoms with Crippen LogP contribution in [0.25, 0.3) is 10.4 Å². The van der Waals surface area contributed by atoms with Crippen molar-refractivity contribution in [2.45, 2.75) is 89.0 Å². The number of nitrogens with zero attached hydrogens (tertiary/aromatic N) is 3. The smallest absolute Gasteiger partial charge is 0.139 e. The number of Topliss-reactive ketones (excluding diaryl/α,β-unsaturated/α-hetero) is 2. The summed E-state index contributed by atoms with van der Waals surface area (Å²) in [4.78, 5) is 26.2. The van der Waals surface area contributed by atoms with Crippen LogP contribution in [0, 0.1) is 47.3 Å². The molecule has 5 heteroatoms. The molecule has 0 N–H and O–H groups in total. The second-order valence-electron chi connectivity index (χ2n) is 8.81. The summed E-state index contributed by atoms with van der Waals surface area (Å²) in [5, 5.41) is 3.49. The van der Waals surface area contributed by atoms with Crippen LogP contribution in [0.3, 0.4) is 0 Å². The van der Waals surface area contributed by atoms with Gasteiger partial charge in [0.15, 0.2) is 0 Å². The highest BCUT2D eigenvalue weighted by Crippen LogP contribution is 2.20. The molecule has 0 fully saturated rings. The van der Waals surface area contributed by atoms with Crippen molar-refractivity contribution in [2.75, 3.05) is 6.54 Å². The predicted octanol–water partition coefficient (Wildman–Crippen LogP) is 7.11. The number of hydrogen-bond acceptors (Lipinski definition) is 3. The molecule has 0 aromatic carbocycles. The molecule has 0 amide bonds. The molecular weight excluding hydrogens is 362 g/mol. The topological polar surface area (TPSA) is 82.9 Å². The standard InChI is InChI=1S/C13H22O.C10H19N3O.CH4/c1-6-7-8-12(9-10(2)3)13(14)11(4)5;1-7(2)5-9(6-12-13-11)10(14)8(3)4;/h10-12H,8-9H2,1-5H3;7-9H,5-6H2,1-4H3;1H4/t12-;9-;/m10./s1. The molecule has 0 aliphatic heterocycles. The van der Waals surface area contributed by atoms with E-state index in [-0.39, 0.29) is 36.9 Å². The van der Waals surface area contributed by atoms with Gasteiger partial charge in [-0.2, -0.15) is 0 Å². The van der Waals surface area contributed by atoms with Crippen molar-refractivity contribution in [1.82, 2.24) is 0 Å². The Morgan fingerprint density at radius 1 is 0.862 bits per heavy atom. The molecule has 0 aromatic rings. The van der Waals surface area contributed by atoms with Gasteiger partial charge in [0.05, 0.1) is 0 Å². The number of hydrogen-bond donors (Lipinski definition) is 0. The van der Waals surface area contributed by atoms with Gasteiger partial charge >= 0.3 is 0 Å². The van der Waals surface area contributed by atoms with Gasteiger partial charge < -0.3 is 0 Å². The van der Waals surface area contributed by atoms with Crippen LogP contribution >= 0.6 is 0 Å². The normalized spacial score (nSPS) is 12.2. The molecule has 0 aliphatic rings. The Bertz CT molecular complexity index is 562. The van der Waals surface area contributed by atoms with Gasteiger partial charge in [-0.1, -0.05) is 67.9 Å². The average Bonchev–Trinajstić information content (AvgIpc) is 2.60. The van der Waals surface area contributed by atoms with E-state index in [2.05, 4.69) is 49.6 Å². The monoisotopic (exact) mass is 407 g/mol. The van der Waals surface area contributed by atoms with Crippen molar-refractivity contribution in [3.8, 4) is 11.8 Å². The van der Waals surface area contributed by atoms with Crippen molar-refractivity contribution < 1.29 is 9.59 Å². The van der Waals surface area contributed by atoms with Gasteiger partial charge in [0.2, 0.25) is 0 Å². The molecule has 0 aliphatic carbocycles. The van der Waals surface area contributed by atoms with Gasteiger partial charge in [-0.3, -0.25) is 9.59 Å². The molecule has 29 heavy (non-hydrogen) atoms. The fourth-order valence-electron chi connectivity index (χ4n) is 3.02. The molecule has 0 bridgehead atoms. The number of rotatable bonds is 11. The first-order chi connectivity index (χ1) is 13.0. The Balaban J connectivity index is -0.000000451. The predicted molar refractivity (Wildman–Crippen MR) is 124 cm³/mol. The molecular formula is C24H45N3O2. The molecule has 5 nitrogen and oxygen atoms in total. The van der Waals surface area contributed by atoms with E-state index in [9.17, 15) is 9.59 Å². The van der Waals surface area contributed by atoms with Gasteiger partial charge in [0.25, 0.3) is 0 Å². The molecule has 0 aromatic heterocycles. The molecule has 2 atom stereocenters. The summed E-state index contributed by atoms with van der Waals surface area (Å²) in [6, 6.07) is 0. The van der Waals surface area contributed by atoms with Crippen molar-refractivity contribution in [3.05, 3.63) is 10.4 Å². The Morgan fingerprint density at radius 2 is 1.28 bits per heavy atom. The lowest BCUT2D eigenvalue weighted by atomic mass is 9.86. The maximum Gasteiger partial charge on any atom is 0.139 e. The zero-order chi connectivity index (χ0) is 22.3. The highest BCUT2D eigenvalue weighted by atomic mass is 16.1. The molecule has 0 saturated heterocycles. The molecule has 0 unspecified atom stereocenters. The highest BCUT2D eigenvalue weighted by Gasteiger charge is 2.22. The van der Waals surface area contributed by atoms with Crippen LogP contribution in [0.4, 0.5) is 0 Å². The minimum atomic E-state index is -0.106.